The van der Waals surface area contributed by atoms with Crippen molar-refractivity contribution in [2.24, 2.45) is 0 Å². The average molecular weight is 282 g/mol. The Hall–Kier alpha value is -0.520. The molecule has 7 nitrogen and oxygen atoms in total. The second-order valence-electron chi connectivity index (χ2n) is 3.62. The van der Waals surface area contributed by atoms with Crippen LogP contribution < -0.4 is 5.32 Å². The Morgan fingerprint density at radius 1 is 1.06 bits per heavy atom. The maximum absolute atomic E-state index is 11.1. The lowest BCUT2D eigenvalue weighted by Gasteiger charge is -2.18. The van der Waals surface area contributed by atoms with Crippen molar-refractivity contribution in [3.05, 3.63) is 29.8 Å². The van der Waals surface area contributed by atoms with Crippen LogP contribution in [0.1, 0.15) is 5.56 Å². The summed E-state index contributed by atoms with van der Waals surface area (Å²) in [6.07, 6.45) is 0. The third-order valence-electron chi connectivity index (χ3n) is 2.21. The van der Waals surface area contributed by atoms with E-state index in [4.69, 9.17) is 19.6 Å². The molecular formula is C8H14NO6P2+. The van der Waals surface area contributed by atoms with Gasteiger partial charge in [0.1, 0.15) is 5.69 Å². The zero-order chi connectivity index (χ0) is 13.3. The Morgan fingerprint density at radius 2 is 1.53 bits per heavy atom. The van der Waals surface area contributed by atoms with E-state index in [1.807, 2.05) is 0 Å². The van der Waals surface area contributed by atoms with Crippen LogP contribution in [0, 0.1) is 6.92 Å². The lowest BCUT2D eigenvalue weighted by Crippen LogP contribution is -2.84. The summed E-state index contributed by atoms with van der Waals surface area (Å²) in [4.78, 5) is 35.8. The van der Waals surface area contributed by atoms with Gasteiger partial charge in [-0.2, -0.15) is 0 Å². The van der Waals surface area contributed by atoms with Gasteiger partial charge >= 0.3 is 15.2 Å². The van der Waals surface area contributed by atoms with E-state index in [1.165, 1.54) is 6.07 Å². The number of aryl methyl sites for hydroxylation is 1. The molecule has 0 spiro atoms. The smallest absolute Gasteiger partial charge is 0.320 e. The molecule has 0 aliphatic heterocycles. The maximum atomic E-state index is 11.1. The van der Waals surface area contributed by atoms with E-state index in [-0.39, 0.29) is 0 Å². The van der Waals surface area contributed by atoms with Crippen LogP contribution in [-0.4, -0.2) is 25.1 Å². The lowest BCUT2D eigenvalue weighted by atomic mass is 10.2. The summed E-state index contributed by atoms with van der Waals surface area (Å²) in [6, 6.07) is 6.56. The highest BCUT2D eigenvalue weighted by molar-refractivity contribution is 7.70. The van der Waals surface area contributed by atoms with E-state index < -0.39 is 20.7 Å². The van der Waals surface area contributed by atoms with Gasteiger partial charge < -0.3 is 19.6 Å². The van der Waals surface area contributed by atoms with E-state index in [0.29, 0.717) is 11.3 Å². The molecule has 96 valence electrons. The molecule has 1 aromatic carbocycles. The summed E-state index contributed by atoms with van der Waals surface area (Å²) in [5, 5.41) is 0.927. The SMILES string of the molecule is Cc1ccccc1[NH2+]C(P(=O)(O)O)P(=O)(O)O. The number of nitrogens with two attached hydrogens (primary N) is 1. The van der Waals surface area contributed by atoms with Gasteiger partial charge in [-0.3, -0.25) is 14.4 Å². The molecular weight excluding hydrogens is 268 g/mol. The summed E-state index contributed by atoms with van der Waals surface area (Å²) in [7, 11) is -9.80. The fraction of sp³-hybridized carbons (Fsp3) is 0.250. The molecule has 0 aliphatic carbocycles. The maximum Gasteiger partial charge on any atom is 0.395 e. The molecule has 0 fully saturated rings. The standard InChI is InChI=1S/C8H13NO6P2/c1-6-4-2-3-5-7(6)9-8(16(10,11)12)17(13,14)15/h2-5,8-9H,1H3,(H2,10,11,12)(H2,13,14,15)/p+1. The van der Waals surface area contributed by atoms with Crippen molar-refractivity contribution in [3.63, 3.8) is 0 Å². The van der Waals surface area contributed by atoms with Crippen LogP contribution in [0.3, 0.4) is 0 Å². The van der Waals surface area contributed by atoms with Crippen LogP contribution in [0.25, 0.3) is 0 Å². The summed E-state index contributed by atoms with van der Waals surface area (Å²) in [5.74, 6) is 0. The van der Waals surface area contributed by atoms with E-state index >= 15 is 0 Å². The Kier molecular flexibility index (Phi) is 4.28. The molecule has 1 rings (SSSR count). The van der Waals surface area contributed by atoms with Crippen LogP contribution >= 0.6 is 15.2 Å². The Balaban J connectivity index is 3.09. The zero-order valence-corrected chi connectivity index (χ0v) is 10.8. The molecule has 0 atom stereocenters. The molecule has 0 bridgehead atoms. The Labute approximate surface area is 97.8 Å². The summed E-state index contributed by atoms with van der Waals surface area (Å²) in [6.45, 7) is 1.68. The molecule has 0 amide bonds. The van der Waals surface area contributed by atoms with Crippen LogP contribution in [-0.2, 0) is 9.13 Å². The molecule has 0 aliphatic rings. The topological polar surface area (TPSA) is 132 Å². The minimum atomic E-state index is -4.90. The van der Waals surface area contributed by atoms with Crippen LogP contribution in [0.5, 0.6) is 0 Å². The van der Waals surface area contributed by atoms with Gasteiger partial charge in [0.25, 0.3) is 5.52 Å². The van der Waals surface area contributed by atoms with E-state index in [9.17, 15) is 9.13 Å². The van der Waals surface area contributed by atoms with Gasteiger partial charge in [-0.05, 0) is 13.0 Å². The third-order valence-corrected chi connectivity index (χ3v) is 5.69. The molecule has 0 heterocycles. The first-order chi connectivity index (χ1) is 7.62. The fourth-order valence-electron chi connectivity index (χ4n) is 1.32. The summed E-state index contributed by atoms with van der Waals surface area (Å²) >= 11 is 0. The number of para-hydroxylation sites is 1. The average Bonchev–Trinajstić information content (AvgIpc) is 2.12. The van der Waals surface area contributed by atoms with Crippen LogP contribution in [0.2, 0.25) is 0 Å². The monoisotopic (exact) mass is 282 g/mol. The molecule has 0 saturated heterocycles. The first-order valence-corrected chi connectivity index (χ1v) is 7.99. The van der Waals surface area contributed by atoms with E-state index in [2.05, 4.69) is 0 Å². The molecule has 0 unspecified atom stereocenters. The third kappa shape index (κ3) is 4.01. The van der Waals surface area contributed by atoms with Gasteiger partial charge in [0, 0.05) is 5.56 Å². The minimum Gasteiger partial charge on any atom is -0.320 e. The predicted molar refractivity (Wildman–Crippen MR) is 60.6 cm³/mol. The number of quaternary nitrogens is 1. The second kappa shape index (κ2) is 5.00. The van der Waals surface area contributed by atoms with E-state index in [0.717, 1.165) is 5.32 Å². The van der Waals surface area contributed by atoms with Gasteiger partial charge in [-0.25, -0.2) is 0 Å². The zero-order valence-electron chi connectivity index (χ0n) is 8.96. The van der Waals surface area contributed by atoms with Gasteiger partial charge in [0.05, 0.1) is 0 Å². The van der Waals surface area contributed by atoms with E-state index in [1.54, 1.807) is 25.1 Å². The molecule has 0 radical (unpaired) electrons. The van der Waals surface area contributed by atoms with Crippen molar-refractivity contribution < 1.29 is 34.0 Å². The number of hydrogen-bond acceptors (Lipinski definition) is 2. The van der Waals surface area contributed by atoms with Crippen molar-refractivity contribution in [1.82, 2.24) is 0 Å². The highest BCUT2D eigenvalue weighted by Gasteiger charge is 2.47. The van der Waals surface area contributed by atoms with Crippen molar-refractivity contribution in [3.8, 4) is 0 Å². The number of rotatable bonds is 4. The van der Waals surface area contributed by atoms with Crippen LogP contribution in [0.4, 0.5) is 5.69 Å². The van der Waals surface area contributed by atoms with Crippen molar-refractivity contribution in [2.75, 3.05) is 0 Å². The molecule has 17 heavy (non-hydrogen) atoms. The quantitative estimate of drug-likeness (QED) is 0.385. The highest BCUT2D eigenvalue weighted by atomic mass is 31.2. The summed E-state index contributed by atoms with van der Waals surface area (Å²) < 4.78 is 22.1. The van der Waals surface area contributed by atoms with Gasteiger partial charge in [-0.1, -0.05) is 18.2 Å². The van der Waals surface area contributed by atoms with Crippen molar-refractivity contribution in [1.29, 1.82) is 0 Å². The molecule has 0 aromatic heterocycles. The first kappa shape index (κ1) is 14.5. The largest absolute Gasteiger partial charge is 0.395 e. The van der Waals surface area contributed by atoms with Crippen molar-refractivity contribution in [2.45, 2.75) is 12.4 Å². The molecule has 9 heteroatoms. The molecule has 1 aromatic rings. The predicted octanol–water partition coefficient (Wildman–Crippen LogP) is -0.171. The normalized spacial score (nSPS) is 13.1. The highest BCUT2D eigenvalue weighted by Crippen LogP contribution is 2.56. The number of benzene rings is 1. The summed E-state index contributed by atoms with van der Waals surface area (Å²) in [5.41, 5.74) is -1.03. The first-order valence-electron chi connectivity index (χ1n) is 4.63. The van der Waals surface area contributed by atoms with Crippen molar-refractivity contribution >= 4 is 20.9 Å². The van der Waals surface area contributed by atoms with Gasteiger partial charge in [-0.15, -0.1) is 0 Å². The Bertz CT molecular complexity index is 471. The number of hydrogen-bond donors (Lipinski definition) is 5. The second-order valence-corrected chi connectivity index (χ2v) is 7.49. The molecule has 6 N–H and O–H groups in total. The van der Waals surface area contributed by atoms with Crippen LogP contribution in [0.15, 0.2) is 24.3 Å². The van der Waals surface area contributed by atoms with Gasteiger partial charge in [0.2, 0.25) is 0 Å². The molecule has 0 saturated carbocycles. The minimum absolute atomic E-state index is 0.393. The Morgan fingerprint density at radius 3 is 1.94 bits per heavy atom. The lowest BCUT2D eigenvalue weighted by molar-refractivity contribution is -0.573. The fourth-order valence-corrected chi connectivity index (χ4v) is 3.60. The van der Waals surface area contributed by atoms with Gasteiger partial charge in [0.15, 0.2) is 0 Å².